The van der Waals surface area contributed by atoms with Crippen molar-refractivity contribution in [2.24, 2.45) is 11.7 Å². The number of sulfonamides is 1. The van der Waals surface area contributed by atoms with Gasteiger partial charge < -0.3 is 5.73 Å². The minimum Gasteiger partial charge on any atom is -0.320 e. The highest BCUT2D eigenvalue weighted by Gasteiger charge is 2.26. The average Bonchev–Trinajstić information content (AvgIpc) is 2.32. The van der Waals surface area contributed by atoms with Gasteiger partial charge in [-0.2, -0.15) is 0 Å². The number of rotatable bonds is 4. The third kappa shape index (κ3) is 3.79. The van der Waals surface area contributed by atoms with Crippen molar-refractivity contribution in [3.05, 3.63) is 29.3 Å². The van der Waals surface area contributed by atoms with E-state index < -0.39 is 26.6 Å². The predicted molar refractivity (Wildman–Crippen MR) is 74.8 cm³/mol. The molecule has 0 heterocycles. The minimum absolute atomic E-state index is 0.0346. The molecule has 1 fully saturated rings. The molecule has 21 heavy (non-hydrogen) atoms. The average molecular weight is 314 g/mol. The second-order valence-corrected chi connectivity index (χ2v) is 6.62. The third-order valence-electron chi connectivity index (χ3n) is 3.39. The smallest absolute Gasteiger partial charge is 0.244 e. The van der Waals surface area contributed by atoms with Gasteiger partial charge in [0, 0.05) is 12.6 Å². The van der Waals surface area contributed by atoms with Crippen molar-refractivity contribution in [2.75, 3.05) is 13.1 Å². The van der Waals surface area contributed by atoms with Crippen LogP contribution in [0.25, 0.3) is 0 Å². The van der Waals surface area contributed by atoms with Crippen LogP contribution < -0.4 is 10.5 Å². The van der Waals surface area contributed by atoms with Gasteiger partial charge in [0.25, 0.3) is 0 Å². The van der Waals surface area contributed by atoms with Gasteiger partial charge in [-0.1, -0.05) is 18.3 Å². The van der Waals surface area contributed by atoms with Crippen LogP contribution in [-0.4, -0.2) is 21.5 Å². The Hall–Kier alpha value is -1.49. The molecule has 0 amide bonds. The SMILES string of the molecule is NCC#Cc1cc(F)cc(F)c1S(=O)(=O)NCC1CCC1. The van der Waals surface area contributed by atoms with Gasteiger partial charge in [0.15, 0.2) is 0 Å². The van der Waals surface area contributed by atoms with Crippen LogP contribution in [-0.2, 0) is 10.0 Å². The molecule has 7 heteroatoms. The molecule has 0 aromatic heterocycles. The third-order valence-corrected chi connectivity index (χ3v) is 4.89. The molecule has 0 spiro atoms. The van der Waals surface area contributed by atoms with E-state index >= 15 is 0 Å². The van der Waals surface area contributed by atoms with E-state index in [1.165, 1.54) is 0 Å². The van der Waals surface area contributed by atoms with Gasteiger partial charge in [-0.05, 0) is 24.8 Å². The molecule has 3 N–H and O–H groups in total. The molecule has 0 bridgehead atoms. The predicted octanol–water partition coefficient (Wildman–Crippen LogP) is 1.35. The molecule has 1 aliphatic carbocycles. The summed E-state index contributed by atoms with van der Waals surface area (Å²) in [7, 11) is -4.08. The number of hydrogen-bond donors (Lipinski definition) is 2. The van der Waals surface area contributed by atoms with Gasteiger partial charge in [0.05, 0.1) is 12.1 Å². The van der Waals surface area contributed by atoms with Crippen molar-refractivity contribution in [1.29, 1.82) is 0 Å². The van der Waals surface area contributed by atoms with Gasteiger partial charge in [0.2, 0.25) is 10.0 Å². The van der Waals surface area contributed by atoms with Crippen molar-refractivity contribution < 1.29 is 17.2 Å². The molecule has 114 valence electrons. The van der Waals surface area contributed by atoms with Crippen molar-refractivity contribution in [1.82, 2.24) is 4.72 Å². The Bertz CT molecular complexity index is 689. The van der Waals surface area contributed by atoms with Crippen molar-refractivity contribution in [2.45, 2.75) is 24.2 Å². The zero-order valence-corrected chi connectivity index (χ0v) is 12.1. The number of halogens is 2. The van der Waals surface area contributed by atoms with E-state index in [0.29, 0.717) is 6.07 Å². The van der Waals surface area contributed by atoms with E-state index in [2.05, 4.69) is 16.6 Å². The van der Waals surface area contributed by atoms with Gasteiger partial charge in [-0.3, -0.25) is 0 Å². The number of benzene rings is 1. The highest BCUT2D eigenvalue weighted by atomic mass is 32.2. The van der Waals surface area contributed by atoms with E-state index in [9.17, 15) is 17.2 Å². The van der Waals surface area contributed by atoms with Crippen LogP contribution in [0.3, 0.4) is 0 Å². The Labute approximate surface area is 122 Å². The summed E-state index contributed by atoms with van der Waals surface area (Å²) in [6, 6.07) is 1.43. The van der Waals surface area contributed by atoms with Gasteiger partial charge >= 0.3 is 0 Å². The molecule has 0 atom stereocenters. The Morgan fingerprint density at radius 1 is 1.33 bits per heavy atom. The van der Waals surface area contributed by atoms with Crippen LogP contribution in [0.15, 0.2) is 17.0 Å². The molecular formula is C14H16F2N2O2S. The Balaban J connectivity index is 2.35. The molecule has 0 aliphatic heterocycles. The molecule has 1 aliphatic rings. The van der Waals surface area contributed by atoms with Crippen LogP contribution >= 0.6 is 0 Å². The molecule has 1 aromatic carbocycles. The van der Waals surface area contributed by atoms with E-state index in [1.54, 1.807) is 0 Å². The monoisotopic (exact) mass is 314 g/mol. The highest BCUT2D eigenvalue weighted by molar-refractivity contribution is 7.89. The summed E-state index contributed by atoms with van der Waals surface area (Å²) in [6.07, 6.45) is 2.98. The maximum absolute atomic E-state index is 13.9. The van der Waals surface area contributed by atoms with Gasteiger partial charge in [0.1, 0.15) is 16.5 Å². The molecule has 0 radical (unpaired) electrons. The molecule has 4 nitrogen and oxygen atoms in total. The van der Waals surface area contributed by atoms with Gasteiger partial charge in [-0.15, -0.1) is 0 Å². The first-order valence-corrected chi connectivity index (χ1v) is 8.10. The molecule has 0 saturated heterocycles. The molecular weight excluding hydrogens is 298 g/mol. The van der Waals surface area contributed by atoms with Gasteiger partial charge in [-0.25, -0.2) is 21.9 Å². The summed E-state index contributed by atoms with van der Waals surface area (Å²) in [5.41, 5.74) is 4.99. The fourth-order valence-electron chi connectivity index (χ4n) is 2.07. The molecule has 1 aromatic rings. The van der Waals surface area contributed by atoms with E-state index in [4.69, 9.17) is 5.73 Å². The van der Waals surface area contributed by atoms with Crippen molar-refractivity contribution in [3.8, 4) is 11.8 Å². The van der Waals surface area contributed by atoms with Crippen LogP contribution in [0.1, 0.15) is 24.8 Å². The first kappa shape index (κ1) is 15.9. The first-order chi connectivity index (χ1) is 9.94. The quantitative estimate of drug-likeness (QED) is 0.824. The van der Waals surface area contributed by atoms with Crippen LogP contribution in [0, 0.1) is 29.4 Å². The van der Waals surface area contributed by atoms with Crippen LogP contribution in [0.2, 0.25) is 0 Å². The Kier molecular flexibility index (Phi) is 4.93. The van der Waals surface area contributed by atoms with E-state index in [1.807, 2.05) is 0 Å². The number of nitrogens with one attached hydrogen (secondary N) is 1. The second kappa shape index (κ2) is 6.52. The Morgan fingerprint density at radius 2 is 2.05 bits per heavy atom. The number of nitrogens with two attached hydrogens (primary N) is 1. The van der Waals surface area contributed by atoms with Crippen LogP contribution in [0.5, 0.6) is 0 Å². The summed E-state index contributed by atoms with van der Waals surface area (Å²) in [5, 5.41) is 0. The molecule has 0 unspecified atom stereocenters. The summed E-state index contributed by atoms with van der Waals surface area (Å²) in [4.78, 5) is -0.621. The standard InChI is InChI=1S/C14H16F2N2O2S/c15-12-7-11(5-2-6-17)14(13(16)8-12)21(19,20)18-9-10-3-1-4-10/h7-8,10,18H,1,3-4,6,9,17H2. The van der Waals surface area contributed by atoms with Crippen LogP contribution in [0.4, 0.5) is 8.78 Å². The zero-order chi connectivity index (χ0) is 15.5. The first-order valence-electron chi connectivity index (χ1n) is 6.61. The molecule has 2 rings (SSSR count). The topological polar surface area (TPSA) is 72.2 Å². The second-order valence-electron chi connectivity index (χ2n) is 4.92. The summed E-state index contributed by atoms with van der Waals surface area (Å²) in [5.74, 6) is 3.05. The number of hydrogen-bond acceptors (Lipinski definition) is 3. The Morgan fingerprint density at radius 3 is 2.62 bits per heavy atom. The lowest BCUT2D eigenvalue weighted by Gasteiger charge is -2.25. The maximum atomic E-state index is 13.9. The van der Waals surface area contributed by atoms with E-state index in [0.717, 1.165) is 25.3 Å². The fourth-order valence-corrected chi connectivity index (χ4v) is 3.38. The van der Waals surface area contributed by atoms with E-state index in [-0.39, 0.29) is 24.6 Å². The highest BCUT2D eigenvalue weighted by Crippen LogP contribution is 2.26. The lowest BCUT2D eigenvalue weighted by molar-refractivity contribution is 0.316. The zero-order valence-electron chi connectivity index (χ0n) is 11.3. The summed E-state index contributed by atoms with van der Waals surface area (Å²) in [6.45, 7) is 0.218. The van der Waals surface area contributed by atoms with Crippen molar-refractivity contribution in [3.63, 3.8) is 0 Å². The molecule has 1 saturated carbocycles. The summed E-state index contributed by atoms with van der Waals surface area (Å²) >= 11 is 0. The largest absolute Gasteiger partial charge is 0.320 e. The normalized spacial score (nSPS) is 15.2. The lowest BCUT2D eigenvalue weighted by Crippen LogP contribution is -2.33. The summed E-state index contributed by atoms with van der Waals surface area (Å²) < 4.78 is 53.9. The van der Waals surface area contributed by atoms with Crippen molar-refractivity contribution >= 4 is 10.0 Å². The lowest BCUT2D eigenvalue weighted by atomic mass is 9.86. The minimum atomic E-state index is -4.08. The fraction of sp³-hybridized carbons (Fsp3) is 0.429. The maximum Gasteiger partial charge on any atom is 0.244 e.